The maximum absolute atomic E-state index is 12.6. The normalized spacial score (nSPS) is 11.9. The summed E-state index contributed by atoms with van der Waals surface area (Å²) in [7, 11) is 1.59. The van der Waals surface area contributed by atoms with Gasteiger partial charge in [0.25, 0.3) is 5.91 Å². The van der Waals surface area contributed by atoms with E-state index < -0.39 is 12.1 Å². The van der Waals surface area contributed by atoms with Gasteiger partial charge >= 0.3 is 5.97 Å². The number of aromatic carboxylic acids is 1. The number of hydrogen-bond acceptors (Lipinski definition) is 4. The fraction of sp³-hybridized carbons (Fsp3) is 0.333. The summed E-state index contributed by atoms with van der Waals surface area (Å²) >= 11 is 0. The smallest absolute Gasteiger partial charge is 0.335 e. The second-order valence-corrected chi connectivity index (χ2v) is 6.52. The molecule has 1 atom stereocenters. The van der Waals surface area contributed by atoms with Gasteiger partial charge in [-0.15, -0.1) is 0 Å². The minimum Gasteiger partial charge on any atom is -0.496 e. The predicted molar refractivity (Wildman–Crippen MR) is 102 cm³/mol. The van der Waals surface area contributed by atoms with Crippen LogP contribution >= 0.6 is 0 Å². The van der Waals surface area contributed by atoms with E-state index in [1.165, 1.54) is 12.1 Å². The molecule has 2 N–H and O–H groups in total. The molecule has 0 spiro atoms. The molecule has 0 aliphatic rings. The fourth-order valence-corrected chi connectivity index (χ4v) is 2.82. The summed E-state index contributed by atoms with van der Waals surface area (Å²) in [6.07, 6.45) is -0.441. The van der Waals surface area contributed by atoms with E-state index in [9.17, 15) is 14.7 Å². The largest absolute Gasteiger partial charge is 0.496 e. The second-order valence-electron chi connectivity index (χ2n) is 6.52. The number of rotatable bonds is 8. The highest BCUT2D eigenvalue weighted by Crippen LogP contribution is 2.28. The summed E-state index contributed by atoms with van der Waals surface area (Å²) in [5.41, 5.74) is 1.93. The van der Waals surface area contributed by atoms with Crippen LogP contribution in [0.3, 0.4) is 0 Å². The van der Waals surface area contributed by atoms with Crippen LogP contribution in [0.25, 0.3) is 0 Å². The van der Waals surface area contributed by atoms with Crippen LogP contribution in [-0.2, 0) is 4.74 Å². The molecular formula is C21H25NO5. The van der Waals surface area contributed by atoms with Crippen molar-refractivity contribution in [2.24, 2.45) is 0 Å². The van der Waals surface area contributed by atoms with Gasteiger partial charge in [0.1, 0.15) is 11.9 Å². The van der Waals surface area contributed by atoms with Gasteiger partial charge in [-0.2, -0.15) is 0 Å². The summed E-state index contributed by atoms with van der Waals surface area (Å²) < 4.78 is 11.4. The van der Waals surface area contributed by atoms with Gasteiger partial charge in [0.15, 0.2) is 0 Å². The standard InChI is InChI=1S/C21H25NO5/c1-13(2)27-19(17-7-5-6-8-18(17)26-4)12-22-20(23)15-9-14(3)10-16(11-15)21(24)25/h5-11,13,19H,12H2,1-4H3,(H,22,23)(H,24,25). The quantitative estimate of drug-likeness (QED) is 0.741. The average Bonchev–Trinajstić information content (AvgIpc) is 2.63. The number of carboxylic acids is 1. The first kappa shape index (κ1) is 20.5. The maximum Gasteiger partial charge on any atom is 0.335 e. The van der Waals surface area contributed by atoms with Crippen molar-refractivity contribution in [3.05, 3.63) is 64.7 Å². The highest BCUT2D eigenvalue weighted by Gasteiger charge is 2.20. The molecule has 0 saturated heterocycles. The number of methoxy groups -OCH3 is 1. The number of nitrogens with one attached hydrogen (secondary N) is 1. The van der Waals surface area contributed by atoms with E-state index in [1.54, 1.807) is 20.1 Å². The van der Waals surface area contributed by atoms with E-state index in [2.05, 4.69) is 5.32 Å². The van der Waals surface area contributed by atoms with Crippen LogP contribution in [0.15, 0.2) is 42.5 Å². The molecule has 0 fully saturated rings. The first-order chi connectivity index (χ1) is 12.8. The van der Waals surface area contributed by atoms with Crippen LogP contribution in [0.1, 0.15) is 51.8 Å². The molecule has 2 aromatic carbocycles. The maximum atomic E-state index is 12.6. The summed E-state index contributed by atoms with van der Waals surface area (Å²) in [5.74, 6) is -0.739. The van der Waals surface area contributed by atoms with E-state index in [-0.39, 0.29) is 24.1 Å². The first-order valence-electron chi connectivity index (χ1n) is 8.73. The number of amides is 1. The van der Waals surface area contributed by atoms with Gasteiger partial charge in [-0.05, 0) is 50.6 Å². The van der Waals surface area contributed by atoms with Crippen molar-refractivity contribution in [3.63, 3.8) is 0 Å². The second kappa shape index (κ2) is 9.19. The molecule has 0 aliphatic heterocycles. The third-order valence-electron chi connectivity index (χ3n) is 3.96. The van der Waals surface area contributed by atoms with Crippen LogP contribution < -0.4 is 10.1 Å². The van der Waals surface area contributed by atoms with Gasteiger partial charge in [0.2, 0.25) is 0 Å². The Hall–Kier alpha value is -2.86. The number of carbonyl (C=O) groups is 2. The molecule has 0 aromatic heterocycles. The van der Waals surface area contributed by atoms with E-state index in [1.807, 2.05) is 38.1 Å². The molecule has 0 bridgehead atoms. The van der Waals surface area contributed by atoms with Gasteiger partial charge < -0.3 is 19.9 Å². The van der Waals surface area contributed by atoms with E-state index in [0.717, 1.165) is 5.56 Å². The first-order valence-corrected chi connectivity index (χ1v) is 8.73. The molecule has 0 aliphatic carbocycles. The number of hydrogen-bond donors (Lipinski definition) is 2. The number of carbonyl (C=O) groups excluding carboxylic acids is 1. The lowest BCUT2D eigenvalue weighted by Gasteiger charge is -2.23. The minimum absolute atomic E-state index is 0.0469. The Kier molecular flexibility index (Phi) is 6.96. The number of ether oxygens (including phenoxy) is 2. The molecule has 2 rings (SSSR count). The van der Waals surface area contributed by atoms with Gasteiger partial charge in [-0.25, -0.2) is 4.79 Å². The highest BCUT2D eigenvalue weighted by molar-refractivity contribution is 5.97. The fourth-order valence-electron chi connectivity index (χ4n) is 2.82. The monoisotopic (exact) mass is 371 g/mol. The minimum atomic E-state index is -1.07. The Balaban J connectivity index is 2.19. The van der Waals surface area contributed by atoms with Crippen LogP contribution in [0.5, 0.6) is 5.75 Å². The molecule has 1 unspecified atom stereocenters. The Morgan fingerprint density at radius 1 is 1.11 bits per heavy atom. The van der Waals surface area contributed by atoms with E-state index >= 15 is 0 Å². The van der Waals surface area contributed by atoms with Crippen molar-refractivity contribution < 1.29 is 24.2 Å². The summed E-state index contributed by atoms with van der Waals surface area (Å²) in [5, 5.41) is 12.0. The van der Waals surface area contributed by atoms with E-state index in [4.69, 9.17) is 9.47 Å². The zero-order chi connectivity index (χ0) is 20.0. The lowest BCUT2D eigenvalue weighted by atomic mass is 10.1. The SMILES string of the molecule is COc1ccccc1C(CNC(=O)c1cc(C)cc(C(=O)O)c1)OC(C)C. The van der Waals surface area contributed by atoms with Crippen LogP contribution in [0, 0.1) is 6.92 Å². The third-order valence-corrected chi connectivity index (χ3v) is 3.96. The van der Waals surface area contributed by atoms with Crippen LogP contribution in [-0.4, -0.2) is 36.7 Å². The zero-order valence-electron chi connectivity index (χ0n) is 16.0. The Morgan fingerprint density at radius 3 is 2.41 bits per heavy atom. The molecular weight excluding hydrogens is 346 g/mol. The van der Waals surface area contributed by atoms with Crippen molar-refractivity contribution >= 4 is 11.9 Å². The molecule has 2 aromatic rings. The molecule has 144 valence electrons. The average molecular weight is 371 g/mol. The number of aryl methyl sites for hydroxylation is 1. The topological polar surface area (TPSA) is 84.9 Å². The summed E-state index contributed by atoms with van der Waals surface area (Å²) in [6.45, 7) is 5.82. The molecule has 0 heterocycles. The summed E-state index contributed by atoms with van der Waals surface area (Å²) in [6, 6.07) is 12.0. The van der Waals surface area contributed by atoms with Crippen molar-refractivity contribution in [2.45, 2.75) is 33.0 Å². The Bertz CT molecular complexity index is 816. The van der Waals surface area contributed by atoms with Crippen molar-refractivity contribution in [1.29, 1.82) is 0 Å². The highest BCUT2D eigenvalue weighted by atomic mass is 16.5. The third kappa shape index (κ3) is 5.56. The van der Waals surface area contributed by atoms with Crippen LogP contribution in [0.2, 0.25) is 0 Å². The molecule has 6 nitrogen and oxygen atoms in total. The number of para-hydroxylation sites is 1. The lowest BCUT2D eigenvalue weighted by Crippen LogP contribution is -2.31. The number of benzene rings is 2. The van der Waals surface area contributed by atoms with Gasteiger partial charge in [0, 0.05) is 17.7 Å². The molecule has 0 saturated carbocycles. The molecule has 0 radical (unpaired) electrons. The zero-order valence-corrected chi connectivity index (χ0v) is 16.0. The summed E-state index contributed by atoms with van der Waals surface area (Å²) in [4.78, 5) is 23.8. The van der Waals surface area contributed by atoms with Crippen molar-refractivity contribution in [3.8, 4) is 5.75 Å². The Labute approximate surface area is 159 Å². The molecule has 1 amide bonds. The Morgan fingerprint density at radius 2 is 1.78 bits per heavy atom. The van der Waals surface area contributed by atoms with Crippen LogP contribution in [0.4, 0.5) is 0 Å². The number of carboxylic acid groups (broad SMARTS) is 1. The van der Waals surface area contributed by atoms with E-state index in [0.29, 0.717) is 16.9 Å². The van der Waals surface area contributed by atoms with Crippen molar-refractivity contribution in [1.82, 2.24) is 5.32 Å². The molecule has 6 heteroatoms. The van der Waals surface area contributed by atoms with Gasteiger partial charge in [0.05, 0.1) is 18.8 Å². The predicted octanol–water partition coefficient (Wildman–Crippen LogP) is 3.60. The lowest BCUT2D eigenvalue weighted by molar-refractivity contribution is 0.00611. The molecule has 27 heavy (non-hydrogen) atoms. The van der Waals surface area contributed by atoms with Gasteiger partial charge in [-0.1, -0.05) is 18.2 Å². The van der Waals surface area contributed by atoms with Gasteiger partial charge in [-0.3, -0.25) is 4.79 Å². The van der Waals surface area contributed by atoms with Crippen molar-refractivity contribution in [2.75, 3.05) is 13.7 Å².